The lowest BCUT2D eigenvalue weighted by Gasteiger charge is -2.31. The smallest absolute Gasteiger partial charge is 0.261 e. The molecule has 134 valence electrons. The van der Waals surface area contributed by atoms with Crippen molar-refractivity contribution in [3.05, 3.63) is 57.0 Å². The second-order valence-electron chi connectivity index (χ2n) is 5.52. The van der Waals surface area contributed by atoms with E-state index in [0.717, 1.165) is 14.1 Å². The molecule has 0 aliphatic carbocycles. The number of hydrogen-bond acceptors (Lipinski definition) is 4. The predicted octanol–water partition coefficient (Wildman–Crippen LogP) is 3.93. The molecule has 0 aliphatic heterocycles. The molecule has 0 aliphatic rings. The van der Waals surface area contributed by atoms with Crippen molar-refractivity contribution < 1.29 is 17.8 Å². The predicted molar refractivity (Wildman–Crippen MR) is 99.2 cm³/mol. The van der Waals surface area contributed by atoms with Crippen molar-refractivity contribution in [3.63, 3.8) is 0 Å². The number of rotatable bonds is 4. The molecule has 0 heterocycles. The molecule has 6 nitrogen and oxygen atoms in total. The Balaban J connectivity index is 2.48. The van der Waals surface area contributed by atoms with Crippen LogP contribution in [-0.2, 0) is 10.3 Å². The van der Waals surface area contributed by atoms with E-state index in [9.17, 15) is 17.8 Å². The maximum Gasteiger partial charge on any atom is 0.261 e. The van der Waals surface area contributed by atoms with Crippen LogP contribution in [0.4, 0.5) is 11.4 Å². The van der Waals surface area contributed by atoms with E-state index < -0.39 is 20.1 Å². The van der Waals surface area contributed by atoms with Crippen molar-refractivity contribution >= 4 is 62.4 Å². The fourth-order valence-electron chi connectivity index (χ4n) is 2.04. The highest BCUT2D eigenvalue weighted by Crippen LogP contribution is 2.31. The summed E-state index contributed by atoms with van der Waals surface area (Å²) in [4.78, 5) is 12.6. The molecule has 0 unspecified atom stereocenters. The first-order chi connectivity index (χ1) is 11.4. The number of carbonyl (C=O) groups excluding carboxylic acids is 1. The minimum absolute atomic E-state index is 0.0140. The number of hydrogen-bond donors (Lipinski definition) is 1. The van der Waals surface area contributed by atoms with Crippen molar-refractivity contribution in [1.82, 2.24) is 3.89 Å². The van der Waals surface area contributed by atoms with Gasteiger partial charge in [-0.05, 0) is 30.3 Å². The quantitative estimate of drug-likeness (QED) is 0.596. The summed E-state index contributed by atoms with van der Waals surface area (Å²) in [5, 5.41) is 3.33. The van der Waals surface area contributed by atoms with Crippen molar-refractivity contribution in [2.45, 2.75) is 0 Å². The van der Waals surface area contributed by atoms with Crippen LogP contribution in [0.5, 0.6) is 0 Å². The van der Waals surface area contributed by atoms with Gasteiger partial charge < -0.3 is 9.87 Å². The highest BCUT2D eigenvalue weighted by Gasteiger charge is 2.32. The fraction of sp³-hybridized carbons (Fsp3) is 0.133. The first-order valence-corrected chi connectivity index (χ1v) is 9.30. The van der Waals surface area contributed by atoms with Crippen molar-refractivity contribution in [2.75, 3.05) is 19.4 Å². The van der Waals surface area contributed by atoms with Crippen molar-refractivity contribution in [3.8, 4) is 0 Å². The molecule has 0 radical (unpaired) electrons. The van der Waals surface area contributed by atoms with Gasteiger partial charge in [-0.15, -0.1) is 0 Å². The number of halogens is 3. The Morgan fingerprint density at radius 3 is 2.24 bits per heavy atom. The maximum absolute atomic E-state index is 12.6. The lowest BCUT2D eigenvalue weighted by Crippen LogP contribution is -2.47. The van der Waals surface area contributed by atoms with Gasteiger partial charge in [0.15, 0.2) is 5.69 Å². The van der Waals surface area contributed by atoms with Gasteiger partial charge in [-0.3, -0.25) is 4.79 Å². The van der Waals surface area contributed by atoms with E-state index in [1.165, 1.54) is 36.4 Å². The van der Waals surface area contributed by atoms with Crippen LogP contribution in [-0.4, -0.2) is 33.0 Å². The van der Waals surface area contributed by atoms with E-state index in [1.54, 1.807) is 0 Å². The molecule has 2 rings (SSSR count). The third kappa shape index (κ3) is 4.25. The van der Waals surface area contributed by atoms with Crippen molar-refractivity contribution in [1.29, 1.82) is 0 Å². The molecule has 1 N–H and O–H groups in total. The molecule has 0 saturated heterocycles. The summed E-state index contributed by atoms with van der Waals surface area (Å²) in [5.74, 6) is -0.625. The summed E-state index contributed by atoms with van der Waals surface area (Å²) in [6.45, 7) is 0. The summed E-state index contributed by atoms with van der Waals surface area (Å²) in [6.07, 6.45) is 0. The topological polar surface area (TPSA) is 86.3 Å². The Morgan fingerprint density at radius 2 is 1.68 bits per heavy atom. The summed E-state index contributed by atoms with van der Waals surface area (Å²) in [5.41, 5.74) is 0.288. The fourth-order valence-corrected chi connectivity index (χ4v) is 2.89. The molecule has 1 amide bonds. The van der Waals surface area contributed by atoms with Crippen LogP contribution in [0.15, 0.2) is 36.4 Å². The second-order valence-corrected chi connectivity index (χ2v) is 8.54. The average molecular weight is 424 g/mol. The Hall–Kier alpha value is -1.35. The number of benzene rings is 2. The summed E-state index contributed by atoms with van der Waals surface area (Å²) < 4.78 is 33.7. The lowest BCUT2D eigenvalue weighted by molar-refractivity contribution is 0.102. The van der Waals surface area contributed by atoms with Crippen LogP contribution in [0.25, 0.3) is 0 Å². The minimum atomic E-state index is -4.80. The maximum atomic E-state index is 12.6. The third-order valence-corrected chi connectivity index (χ3v) is 5.81. The molecule has 0 spiro atoms. The molecule has 2 aromatic carbocycles. The second kappa shape index (κ2) is 7.11. The zero-order valence-corrected chi connectivity index (χ0v) is 16.2. The highest BCUT2D eigenvalue weighted by molar-refractivity contribution is 7.85. The average Bonchev–Trinajstić information content (AvgIpc) is 2.49. The molecule has 0 fully saturated rings. The number of anilines is 1. The van der Waals surface area contributed by atoms with E-state index in [4.69, 9.17) is 34.8 Å². The molecule has 2 aromatic rings. The number of quaternary nitrogens is 1. The largest absolute Gasteiger partial charge is 0.701 e. The molecule has 0 saturated carbocycles. The SMILES string of the molecule is C[N+](C)(c1cc(Cl)ccc1C(=O)Nc1ccc(Cl)c(Cl)c1)S(=O)(=O)[O-]. The Kier molecular flexibility index (Phi) is 5.68. The van der Waals surface area contributed by atoms with Gasteiger partial charge in [0.25, 0.3) is 16.2 Å². The van der Waals surface area contributed by atoms with Gasteiger partial charge in [0.1, 0.15) is 5.56 Å². The first-order valence-electron chi connectivity index (χ1n) is 6.80. The molecular weight excluding hydrogens is 411 g/mol. The molecule has 25 heavy (non-hydrogen) atoms. The molecule has 0 atom stereocenters. The van der Waals surface area contributed by atoms with E-state index in [1.807, 2.05) is 0 Å². The van der Waals surface area contributed by atoms with Crippen LogP contribution < -0.4 is 9.21 Å². The van der Waals surface area contributed by atoms with Crippen LogP contribution >= 0.6 is 34.8 Å². The van der Waals surface area contributed by atoms with E-state index in [-0.39, 0.29) is 21.3 Å². The number of amides is 1. The Bertz CT molecular complexity index is 946. The lowest BCUT2D eigenvalue weighted by atomic mass is 10.1. The number of carbonyl (C=O) groups is 1. The number of nitrogens with one attached hydrogen (secondary N) is 1. The van der Waals surface area contributed by atoms with Gasteiger partial charge in [0, 0.05) is 16.8 Å². The standard InChI is InChI=1S/C15H13Cl3N2O4S/c1-20(2,25(22,23)24)14-7-9(16)3-5-11(14)15(21)19-10-4-6-12(17)13(18)8-10/h3-8H,1-2H3,(H-,19,21,22,23,24). The molecule has 0 aromatic heterocycles. The van der Waals surface area contributed by atoms with Crippen LogP contribution in [0.2, 0.25) is 15.1 Å². The van der Waals surface area contributed by atoms with E-state index >= 15 is 0 Å². The Labute approximate surface area is 160 Å². The summed E-state index contributed by atoms with van der Waals surface area (Å²) >= 11 is 17.6. The molecule has 10 heteroatoms. The van der Waals surface area contributed by atoms with E-state index in [2.05, 4.69) is 5.32 Å². The van der Waals surface area contributed by atoms with Crippen molar-refractivity contribution in [2.24, 2.45) is 0 Å². The first kappa shape index (κ1) is 20.0. The van der Waals surface area contributed by atoms with Gasteiger partial charge in [-0.2, -0.15) is 8.42 Å². The third-order valence-electron chi connectivity index (χ3n) is 3.52. The summed E-state index contributed by atoms with van der Waals surface area (Å²) in [7, 11) is -2.49. The zero-order chi connectivity index (χ0) is 19.0. The number of nitrogens with zero attached hydrogens (tertiary/aromatic N) is 1. The Morgan fingerprint density at radius 1 is 1.04 bits per heavy atom. The van der Waals surface area contributed by atoms with Crippen LogP contribution in [0, 0.1) is 0 Å². The van der Waals surface area contributed by atoms with Gasteiger partial charge in [0.05, 0.1) is 24.1 Å². The van der Waals surface area contributed by atoms with Gasteiger partial charge in [-0.25, -0.2) is 3.89 Å². The monoisotopic (exact) mass is 422 g/mol. The minimum Gasteiger partial charge on any atom is -0.701 e. The van der Waals surface area contributed by atoms with Gasteiger partial charge in [-0.1, -0.05) is 34.8 Å². The van der Waals surface area contributed by atoms with Crippen LogP contribution in [0.3, 0.4) is 0 Å². The molecular formula is C15H13Cl3N2O4S. The van der Waals surface area contributed by atoms with E-state index in [0.29, 0.717) is 10.7 Å². The highest BCUT2D eigenvalue weighted by atomic mass is 35.5. The molecule has 0 bridgehead atoms. The van der Waals surface area contributed by atoms with Crippen LogP contribution in [0.1, 0.15) is 10.4 Å². The van der Waals surface area contributed by atoms with Gasteiger partial charge in [0.2, 0.25) is 0 Å². The normalized spacial score (nSPS) is 12.1. The summed E-state index contributed by atoms with van der Waals surface area (Å²) in [6, 6.07) is 8.51. The zero-order valence-electron chi connectivity index (χ0n) is 13.1. The van der Waals surface area contributed by atoms with Gasteiger partial charge >= 0.3 is 0 Å².